The zero-order valence-corrected chi connectivity index (χ0v) is 15.0. The molecule has 3 aromatic rings. The summed E-state index contributed by atoms with van der Waals surface area (Å²) in [5, 5.41) is 0. The standard InChI is InChI=1S/C20H16BrFN2O/c21-17-8-2-1-7-16(17)20(25)24-12-11-23-10-4-9-18(23)19(24)14-5-3-6-15(22)13-14/h1-10,13,19H,11-12H2. The molecule has 1 aliphatic heterocycles. The van der Waals surface area contributed by atoms with E-state index in [2.05, 4.69) is 20.5 Å². The molecule has 5 heteroatoms. The number of hydrogen-bond donors (Lipinski definition) is 0. The van der Waals surface area contributed by atoms with Crippen LogP contribution in [0.25, 0.3) is 0 Å². The van der Waals surface area contributed by atoms with Gasteiger partial charge in [-0.2, -0.15) is 0 Å². The van der Waals surface area contributed by atoms with Gasteiger partial charge in [-0.05, 0) is 57.9 Å². The third-order valence-electron chi connectivity index (χ3n) is 4.57. The topological polar surface area (TPSA) is 25.2 Å². The van der Waals surface area contributed by atoms with Crippen LogP contribution < -0.4 is 0 Å². The minimum Gasteiger partial charge on any atom is -0.348 e. The molecule has 1 atom stereocenters. The number of carbonyl (C=O) groups excluding carboxylic acids is 1. The molecule has 0 radical (unpaired) electrons. The summed E-state index contributed by atoms with van der Waals surface area (Å²) in [6, 6.07) is 17.5. The average molecular weight is 399 g/mol. The molecule has 3 nitrogen and oxygen atoms in total. The van der Waals surface area contributed by atoms with E-state index in [4.69, 9.17) is 0 Å². The Morgan fingerprint density at radius 2 is 1.88 bits per heavy atom. The van der Waals surface area contributed by atoms with Crippen molar-refractivity contribution < 1.29 is 9.18 Å². The minimum atomic E-state index is -0.306. The molecule has 0 aliphatic carbocycles. The Bertz CT molecular complexity index is 937. The summed E-state index contributed by atoms with van der Waals surface area (Å²) in [4.78, 5) is 15.0. The first kappa shape index (κ1) is 16.1. The van der Waals surface area contributed by atoms with E-state index in [9.17, 15) is 9.18 Å². The van der Waals surface area contributed by atoms with Gasteiger partial charge < -0.3 is 9.47 Å². The minimum absolute atomic E-state index is 0.0609. The molecule has 1 amide bonds. The summed E-state index contributed by atoms with van der Waals surface area (Å²) in [5.74, 6) is -0.358. The van der Waals surface area contributed by atoms with Crippen LogP contribution in [-0.4, -0.2) is 21.9 Å². The summed E-state index contributed by atoms with van der Waals surface area (Å²) in [5.41, 5.74) is 2.39. The molecule has 1 aliphatic rings. The number of aromatic nitrogens is 1. The van der Waals surface area contributed by atoms with Crippen LogP contribution in [-0.2, 0) is 6.54 Å². The molecule has 1 unspecified atom stereocenters. The number of hydrogen-bond acceptors (Lipinski definition) is 1. The zero-order chi connectivity index (χ0) is 17.4. The largest absolute Gasteiger partial charge is 0.348 e. The normalized spacial score (nSPS) is 16.6. The van der Waals surface area contributed by atoms with Crippen LogP contribution in [0.4, 0.5) is 4.39 Å². The van der Waals surface area contributed by atoms with Crippen molar-refractivity contribution in [3.8, 4) is 0 Å². The Hall–Kier alpha value is -2.40. The fourth-order valence-electron chi connectivity index (χ4n) is 3.42. The third kappa shape index (κ3) is 2.89. The molecule has 25 heavy (non-hydrogen) atoms. The summed E-state index contributed by atoms with van der Waals surface area (Å²) in [6.45, 7) is 1.30. The van der Waals surface area contributed by atoms with Crippen LogP contribution >= 0.6 is 15.9 Å². The molecule has 1 aromatic heterocycles. The van der Waals surface area contributed by atoms with Crippen LogP contribution in [0.1, 0.15) is 27.7 Å². The van der Waals surface area contributed by atoms with Crippen molar-refractivity contribution >= 4 is 21.8 Å². The smallest absolute Gasteiger partial charge is 0.255 e. The van der Waals surface area contributed by atoms with Gasteiger partial charge in [0.2, 0.25) is 0 Å². The van der Waals surface area contributed by atoms with Crippen LogP contribution in [0.2, 0.25) is 0 Å². The Labute approximate surface area is 153 Å². The van der Waals surface area contributed by atoms with Crippen molar-refractivity contribution in [3.05, 3.63) is 94.0 Å². The third-order valence-corrected chi connectivity index (χ3v) is 5.26. The van der Waals surface area contributed by atoms with Gasteiger partial charge in [-0.1, -0.05) is 24.3 Å². The maximum Gasteiger partial charge on any atom is 0.255 e. The lowest BCUT2D eigenvalue weighted by atomic mass is 9.98. The molecular weight excluding hydrogens is 383 g/mol. The number of halogens is 2. The van der Waals surface area contributed by atoms with E-state index in [-0.39, 0.29) is 17.8 Å². The average Bonchev–Trinajstić information content (AvgIpc) is 3.09. The Morgan fingerprint density at radius 1 is 1.04 bits per heavy atom. The molecule has 0 bridgehead atoms. The van der Waals surface area contributed by atoms with E-state index >= 15 is 0 Å². The lowest BCUT2D eigenvalue weighted by Gasteiger charge is -2.37. The van der Waals surface area contributed by atoms with E-state index in [1.165, 1.54) is 12.1 Å². The van der Waals surface area contributed by atoms with Gasteiger partial charge in [0, 0.05) is 29.5 Å². The number of rotatable bonds is 2. The second kappa shape index (κ2) is 6.48. The van der Waals surface area contributed by atoms with Crippen LogP contribution in [0, 0.1) is 5.82 Å². The highest BCUT2D eigenvalue weighted by molar-refractivity contribution is 9.10. The predicted molar refractivity (Wildman–Crippen MR) is 97.9 cm³/mol. The van der Waals surface area contributed by atoms with Gasteiger partial charge in [0.15, 0.2) is 0 Å². The lowest BCUT2D eigenvalue weighted by Crippen LogP contribution is -2.42. The number of carbonyl (C=O) groups is 1. The van der Waals surface area contributed by atoms with Gasteiger partial charge in [-0.25, -0.2) is 4.39 Å². The molecule has 2 heterocycles. The molecule has 0 N–H and O–H groups in total. The van der Waals surface area contributed by atoms with Crippen molar-refractivity contribution in [2.24, 2.45) is 0 Å². The highest BCUT2D eigenvalue weighted by Crippen LogP contribution is 2.34. The van der Waals surface area contributed by atoms with Gasteiger partial charge >= 0.3 is 0 Å². The fourth-order valence-corrected chi connectivity index (χ4v) is 3.87. The monoisotopic (exact) mass is 398 g/mol. The first-order chi connectivity index (χ1) is 12.1. The van der Waals surface area contributed by atoms with E-state index in [0.717, 1.165) is 22.3 Å². The molecule has 0 spiro atoms. The van der Waals surface area contributed by atoms with Crippen LogP contribution in [0.15, 0.2) is 71.3 Å². The molecule has 0 saturated carbocycles. The number of fused-ring (bicyclic) bond motifs is 1. The number of benzene rings is 2. The first-order valence-electron chi connectivity index (χ1n) is 8.11. The van der Waals surface area contributed by atoms with Crippen molar-refractivity contribution in [1.82, 2.24) is 9.47 Å². The van der Waals surface area contributed by atoms with Gasteiger partial charge in [-0.15, -0.1) is 0 Å². The van der Waals surface area contributed by atoms with Crippen molar-refractivity contribution in [2.75, 3.05) is 6.54 Å². The van der Waals surface area contributed by atoms with Gasteiger partial charge in [-0.3, -0.25) is 4.79 Å². The van der Waals surface area contributed by atoms with E-state index in [1.54, 1.807) is 6.07 Å². The highest BCUT2D eigenvalue weighted by Gasteiger charge is 2.33. The fraction of sp³-hybridized carbons (Fsp3) is 0.150. The molecular formula is C20H16BrFN2O. The van der Waals surface area contributed by atoms with Crippen LogP contribution in [0.3, 0.4) is 0 Å². The summed E-state index contributed by atoms with van der Waals surface area (Å²) < 4.78 is 16.7. The summed E-state index contributed by atoms with van der Waals surface area (Å²) in [6.07, 6.45) is 2.00. The molecule has 4 rings (SSSR count). The van der Waals surface area contributed by atoms with Gasteiger partial charge in [0.25, 0.3) is 5.91 Å². The molecule has 2 aromatic carbocycles. The second-order valence-corrected chi connectivity index (χ2v) is 6.92. The highest BCUT2D eigenvalue weighted by atomic mass is 79.9. The van der Waals surface area contributed by atoms with Crippen LogP contribution in [0.5, 0.6) is 0 Å². The zero-order valence-electron chi connectivity index (χ0n) is 13.4. The van der Waals surface area contributed by atoms with Crippen molar-refractivity contribution in [3.63, 3.8) is 0 Å². The number of nitrogens with zero attached hydrogens (tertiary/aromatic N) is 2. The molecule has 126 valence electrons. The maximum atomic E-state index is 13.8. The second-order valence-electron chi connectivity index (χ2n) is 6.06. The molecule has 0 saturated heterocycles. The van der Waals surface area contributed by atoms with E-state index < -0.39 is 0 Å². The van der Waals surface area contributed by atoms with Gasteiger partial charge in [0.05, 0.1) is 11.6 Å². The van der Waals surface area contributed by atoms with Crippen molar-refractivity contribution in [2.45, 2.75) is 12.6 Å². The molecule has 0 fully saturated rings. The Balaban J connectivity index is 1.81. The van der Waals surface area contributed by atoms with E-state index in [0.29, 0.717) is 12.1 Å². The SMILES string of the molecule is O=C(c1ccccc1Br)N1CCn2cccc2C1c1cccc(F)c1. The summed E-state index contributed by atoms with van der Waals surface area (Å²) in [7, 11) is 0. The quantitative estimate of drug-likeness (QED) is 0.617. The predicted octanol–water partition coefficient (Wildman–Crippen LogP) is 4.64. The Kier molecular flexibility index (Phi) is 4.17. The lowest BCUT2D eigenvalue weighted by molar-refractivity contribution is 0.0663. The Morgan fingerprint density at radius 3 is 2.68 bits per heavy atom. The summed E-state index contributed by atoms with van der Waals surface area (Å²) >= 11 is 3.46. The number of amides is 1. The first-order valence-corrected chi connectivity index (χ1v) is 8.90. The van der Waals surface area contributed by atoms with Crippen molar-refractivity contribution in [1.29, 1.82) is 0 Å². The maximum absolute atomic E-state index is 13.8. The van der Waals surface area contributed by atoms with Gasteiger partial charge in [0.1, 0.15) is 5.82 Å². The van der Waals surface area contributed by atoms with E-state index in [1.807, 2.05) is 53.6 Å².